The largest absolute Gasteiger partial charge is 0.462 e. The number of nitrogens with zero attached hydrogens (tertiary/aromatic N) is 2. The van der Waals surface area contributed by atoms with E-state index in [1.54, 1.807) is 25.1 Å². The van der Waals surface area contributed by atoms with Crippen molar-refractivity contribution < 1.29 is 13.9 Å². The third-order valence-electron chi connectivity index (χ3n) is 3.46. The number of hydrogen-bond donors (Lipinski definition) is 2. The predicted octanol–water partition coefficient (Wildman–Crippen LogP) is 2.41. The Labute approximate surface area is 128 Å². The Hall–Kier alpha value is -2.41. The molecule has 3 rings (SSSR count). The Kier molecular flexibility index (Phi) is 4.34. The molecule has 1 aromatic heterocycles. The normalized spacial score (nSPS) is 17.4. The molecule has 1 unspecified atom stereocenters. The Morgan fingerprint density at radius 1 is 1.45 bits per heavy atom. The van der Waals surface area contributed by atoms with E-state index in [0.717, 1.165) is 19.4 Å². The van der Waals surface area contributed by atoms with E-state index in [4.69, 9.17) is 9.15 Å². The summed E-state index contributed by atoms with van der Waals surface area (Å²) in [7, 11) is 0. The number of carbonyl (C=O) groups is 1. The van der Waals surface area contributed by atoms with Gasteiger partial charge in [0.15, 0.2) is 0 Å². The quantitative estimate of drug-likeness (QED) is 0.820. The highest BCUT2D eigenvalue weighted by Crippen LogP contribution is 2.25. The summed E-state index contributed by atoms with van der Waals surface area (Å²) in [4.78, 5) is 11.9. The first kappa shape index (κ1) is 14.5. The van der Waals surface area contributed by atoms with Crippen molar-refractivity contribution in [3.05, 3.63) is 35.7 Å². The molecule has 0 radical (unpaired) electrons. The zero-order valence-corrected chi connectivity index (χ0v) is 12.3. The predicted molar refractivity (Wildman–Crippen MR) is 80.0 cm³/mol. The molecular weight excluding hydrogens is 284 g/mol. The van der Waals surface area contributed by atoms with Gasteiger partial charge in [-0.3, -0.25) is 0 Å². The van der Waals surface area contributed by atoms with Crippen molar-refractivity contribution in [2.75, 3.05) is 18.5 Å². The molecular formula is C15H18N4O3. The first-order valence-corrected chi connectivity index (χ1v) is 7.38. The third-order valence-corrected chi connectivity index (χ3v) is 3.46. The van der Waals surface area contributed by atoms with Crippen LogP contribution < -0.4 is 10.6 Å². The molecule has 116 valence electrons. The van der Waals surface area contributed by atoms with Crippen molar-refractivity contribution in [1.82, 2.24) is 15.5 Å². The summed E-state index contributed by atoms with van der Waals surface area (Å²) in [6.45, 7) is 3.06. The highest BCUT2D eigenvalue weighted by atomic mass is 16.5. The van der Waals surface area contributed by atoms with Crippen molar-refractivity contribution in [3.63, 3.8) is 0 Å². The maximum atomic E-state index is 11.9. The van der Waals surface area contributed by atoms with Gasteiger partial charge in [-0.1, -0.05) is 17.2 Å². The lowest BCUT2D eigenvalue weighted by atomic mass is 10.2. The van der Waals surface area contributed by atoms with Gasteiger partial charge in [-0.2, -0.15) is 0 Å². The molecule has 1 saturated heterocycles. The Morgan fingerprint density at radius 2 is 2.32 bits per heavy atom. The van der Waals surface area contributed by atoms with Gasteiger partial charge in [-0.25, -0.2) is 4.79 Å². The average Bonchev–Trinajstić information content (AvgIpc) is 3.19. The van der Waals surface area contributed by atoms with Crippen molar-refractivity contribution >= 4 is 17.7 Å². The number of hydrogen-bond acceptors (Lipinski definition) is 7. The van der Waals surface area contributed by atoms with Crippen molar-refractivity contribution in [1.29, 1.82) is 0 Å². The van der Waals surface area contributed by atoms with Gasteiger partial charge in [0.2, 0.25) is 5.89 Å². The van der Waals surface area contributed by atoms with Crippen LogP contribution in [0.3, 0.4) is 0 Å². The van der Waals surface area contributed by atoms with Crippen LogP contribution in [0.25, 0.3) is 0 Å². The average molecular weight is 302 g/mol. The van der Waals surface area contributed by atoms with Gasteiger partial charge in [0.05, 0.1) is 23.9 Å². The van der Waals surface area contributed by atoms with E-state index in [9.17, 15) is 4.79 Å². The minimum Gasteiger partial charge on any atom is -0.462 e. The highest BCUT2D eigenvalue weighted by Gasteiger charge is 2.22. The number of rotatable bonds is 5. The summed E-state index contributed by atoms with van der Waals surface area (Å²) in [5.74, 6) is 0.177. The molecule has 1 aliphatic heterocycles. The Bertz CT molecular complexity index is 650. The fourth-order valence-corrected chi connectivity index (χ4v) is 2.42. The van der Waals surface area contributed by atoms with Gasteiger partial charge >= 0.3 is 12.0 Å². The number of esters is 1. The van der Waals surface area contributed by atoms with Crippen LogP contribution in [0.1, 0.15) is 42.1 Å². The minimum atomic E-state index is -0.386. The number of carbonyl (C=O) groups excluding carboxylic acids is 1. The van der Waals surface area contributed by atoms with Crippen LogP contribution in [0.4, 0.5) is 11.7 Å². The number of para-hydroxylation sites is 1. The van der Waals surface area contributed by atoms with Gasteiger partial charge < -0.3 is 19.8 Å². The van der Waals surface area contributed by atoms with E-state index < -0.39 is 0 Å². The number of aromatic nitrogens is 2. The van der Waals surface area contributed by atoms with Crippen LogP contribution >= 0.6 is 0 Å². The maximum Gasteiger partial charge on any atom is 0.340 e. The summed E-state index contributed by atoms with van der Waals surface area (Å²) in [6.07, 6.45) is 2.09. The first-order chi connectivity index (χ1) is 10.8. The zero-order valence-electron chi connectivity index (χ0n) is 12.3. The van der Waals surface area contributed by atoms with Crippen LogP contribution in [-0.2, 0) is 4.74 Å². The fourth-order valence-electron chi connectivity index (χ4n) is 2.42. The van der Waals surface area contributed by atoms with E-state index >= 15 is 0 Å². The fraction of sp³-hybridized carbons (Fsp3) is 0.400. The molecule has 2 heterocycles. The maximum absolute atomic E-state index is 11.9. The van der Waals surface area contributed by atoms with Gasteiger partial charge in [-0.15, -0.1) is 5.10 Å². The molecule has 7 heteroatoms. The smallest absolute Gasteiger partial charge is 0.340 e. The van der Waals surface area contributed by atoms with Crippen LogP contribution in [0.15, 0.2) is 28.7 Å². The second kappa shape index (κ2) is 6.57. The molecule has 1 atom stereocenters. The Morgan fingerprint density at radius 3 is 3.09 bits per heavy atom. The molecule has 1 aliphatic rings. The third kappa shape index (κ3) is 3.09. The molecule has 7 nitrogen and oxygen atoms in total. The first-order valence-electron chi connectivity index (χ1n) is 7.38. The van der Waals surface area contributed by atoms with Gasteiger partial charge in [0.25, 0.3) is 0 Å². The van der Waals surface area contributed by atoms with E-state index in [1.807, 2.05) is 6.07 Å². The van der Waals surface area contributed by atoms with Crippen LogP contribution in [0.2, 0.25) is 0 Å². The SMILES string of the molecule is CCOC(=O)c1ccccc1Nc1nnc(C2CCCN2)o1. The van der Waals surface area contributed by atoms with Gasteiger partial charge in [0.1, 0.15) is 0 Å². The summed E-state index contributed by atoms with van der Waals surface area (Å²) in [5, 5.41) is 14.3. The molecule has 2 N–H and O–H groups in total. The Balaban J connectivity index is 1.77. The molecule has 2 aromatic rings. The molecule has 0 spiro atoms. The summed E-state index contributed by atoms with van der Waals surface area (Å²) in [6, 6.07) is 7.43. The van der Waals surface area contributed by atoms with E-state index in [0.29, 0.717) is 23.7 Å². The number of nitrogens with one attached hydrogen (secondary N) is 2. The number of benzene rings is 1. The molecule has 0 amide bonds. The molecule has 1 fully saturated rings. The van der Waals surface area contributed by atoms with Crippen LogP contribution in [0.5, 0.6) is 0 Å². The standard InChI is InChI=1S/C15H18N4O3/c1-2-21-14(20)10-6-3-4-7-11(10)17-15-19-18-13(22-15)12-8-5-9-16-12/h3-4,6-7,12,16H,2,5,8-9H2,1H3,(H,17,19). The lowest BCUT2D eigenvalue weighted by molar-refractivity contribution is 0.0527. The summed E-state index contributed by atoms with van der Waals surface area (Å²) >= 11 is 0. The zero-order chi connectivity index (χ0) is 15.4. The van der Waals surface area contributed by atoms with E-state index in [1.165, 1.54) is 0 Å². The molecule has 0 bridgehead atoms. The molecule has 22 heavy (non-hydrogen) atoms. The monoisotopic (exact) mass is 302 g/mol. The van der Waals surface area contributed by atoms with Crippen molar-refractivity contribution in [2.45, 2.75) is 25.8 Å². The van der Waals surface area contributed by atoms with Crippen LogP contribution in [0, 0.1) is 0 Å². The topological polar surface area (TPSA) is 89.3 Å². The second-order valence-corrected chi connectivity index (χ2v) is 4.99. The second-order valence-electron chi connectivity index (χ2n) is 4.99. The van der Waals surface area contributed by atoms with Gasteiger partial charge in [-0.05, 0) is 38.4 Å². The molecule has 0 saturated carbocycles. The number of ether oxygens (including phenoxy) is 1. The van der Waals surface area contributed by atoms with Crippen LogP contribution in [-0.4, -0.2) is 29.3 Å². The van der Waals surface area contributed by atoms with Gasteiger partial charge in [0, 0.05) is 0 Å². The van der Waals surface area contributed by atoms with Crippen molar-refractivity contribution in [2.24, 2.45) is 0 Å². The molecule has 0 aliphatic carbocycles. The number of anilines is 2. The van der Waals surface area contributed by atoms with E-state index in [-0.39, 0.29) is 18.0 Å². The summed E-state index contributed by atoms with van der Waals surface area (Å²) < 4.78 is 10.7. The summed E-state index contributed by atoms with van der Waals surface area (Å²) in [5.41, 5.74) is 1.01. The minimum absolute atomic E-state index is 0.114. The highest BCUT2D eigenvalue weighted by molar-refractivity contribution is 5.96. The lowest BCUT2D eigenvalue weighted by Gasteiger charge is -2.08. The lowest BCUT2D eigenvalue weighted by Crippen LogP contribution is -2.12. The van der Waals surface area contributed by atoms with E-state index in [2.05, 4.69) is 20.8 Å². The van der Waals surface area contributed by atoms with Crippen molar-refractivity contribution in [3.8, 4) is 0 Å². The molecule has 1 aromatic carbocycles.